The molecule has 0 atom stereocenters. The van der Waals surface area contributed by atoms with Gasteiger partial charge in [0.1, 0.15) is 5.82 Å². The monoisotopic (exact) mass is 304 g/mol. The molecule has 6 nitrogen and oxygen atoms in total. The molecule has 0 spiro atoms. The molecule has 2 saturated heterocycles. The van der Waals surface area contributed by atoms with Crippen molar-refractivity contribution in [3.63, 3.8) is 0 Å². The van der Waals surface area contributed by atoms with Gasteiger partial charge in [-0.25, -0.2) is 4.98 Å². The van der Waals surface area contributed by atoms with Gasteiger partial charge in [0.05, 0.1) is 19.8 Å². The largest absolute Gasteiger partial charge is 0.378 e. The lowest BCUT2D eigenvalue weighted by Crippen LogP contribution is -2.51. The number of pyridine rings is 1. The van der Waals surface area contributed by atoms with Crippen LogP contribution in [-0.4, -0.2) is 79.7 Å². The van der Waals surface area contributed by atoms with Crippen molar-refractivity contribution in [3.05, 3.63) is 23.9 Å². The summed E-state index contributed by atoms with van der Waals surface area (Å²) in [6.45, 7) is 8.99. The number of ether oxygens (including phenoxy) is 1. The topological polar surface area (TPSA) is 48.9 Å². The van der Waals surface area contributed by atoms with Gasteiger partial charge in [-0.2, -0.15) is 0 Å². The smallest absolute Gasteiger partial charge is 0.236 e. The molecule has 0 N–H and O–H groups in total. The van der Waals surface area contributed by atoms with E-state index in [0.717, 1.165) is 50.8 Å². The van der Waals surface area contributed by atoms with Crippen molar-refractivity contribution in [2.75, 3.05) is 63.9 Å². The maximum atomic E-state index is 12.3. The lowest BCUT2D eigenvalue weighted by molar-refractivity contribution is -0.136. The molecule has 2 fully saturated rings. The molecular formula is C16H24N4O2. The van der Waals surface area contributed by atoms with Crippen LogP contribution in [0.1, 0.15) is 5.69 Å². The molecule has 0 radical (unpaired) electrons. The Morgan fingerprint density at radius 2 is 1.86 bits per heavy atom. The Kier molecular flexibility index (Phi) is 4.90. The summed E-state index contributed by atoms with van der Waals surface area (Å²) in [7, 11) is 0. The molecule has 120 valence electrons. The summed E-state index contributed by atoms with van der Waals surface area (Å²) in [6, 6.07) is 6.12. The highest BCUT2D eigenvalue weighted by molar-refractivity contribution is 5.78. The maximum Gasteiger partial charge on any atom is 0.236 e. The lowest BCUT2D eigenvalue weighted by Gasteiger charge is -2.36. The summed E-state index contributed by atoms with van der Waals surface area (Å²) >= 11 is 0. The van der Waals surface area contributed by atoms with Gasteiger partial charge in [-0.15, -0.1) is 0 Å². The predicted molar refractivity (Wildman–Crippen MR) is 85.0 cm³/mol. The zero-order valence-electron chi connectivity index (χ0n) is 13.2. The number of carbonyl (C=O) groups is 1. The van der Waals surface area contributed by atoms with E-state index in [0.29, 0.717) is 19.8 Å². The molecular weight excluding hydrogens is 280 g/mol. The van der Waals surface area contributed by atoms with E-state index in [4.69, 9.17) is 4.74 Å². The van der Waals surface area contributed by atoms with Gasteiger partial charge in [0.15, 0.2) is 0 Å². The van der Waals surface area contributed by atoms with E-state index in [2.05, 4.69) is 20.9 Å². The molecule has 0 bridgehead atoms. The Morgan fingerprint density at radius 1 is 1.14 bits per heavy atom. The molecule has 3 heterocycles. The number of amides is 1. The highest BCUT2D eigenvalue weighted by atomic mass is 16.5. The van der Waals surface area contributed by atoms with E-state index < -0.39 is 0 Å². The van der Waals surface area contributed by atoms with Gasteiger partial charge in [-0.1, -0.05) is 6.07 Å². The van der Waals surface area contributed by atoms with E-state index in [-0.39, 0.29) is 5.91 Å². The average Bonchev–Trinajstić information content (AvgIpc) is 2.56. The first-order chi connectivity index (χ1) is 10.7. The Bertz CT molecular complexity index is 509. The summed E-state index contributed by atoms with van der Waals surface area (Å²) < 4.78 is 5.29. The number of rotatable bonds is 3. The first-order valence-electron chi connectivity index (χ1n) is 7.99. The van der Waals surface area contributed by atoms with Crippen molar-refractivity contribution in [1.29, 1.82) is 0 Å². The van der Waals surface area contributed by atoms with E-state index in [1.807, 2.05) is 24.0 Å². The second-order valence-corrected chi connectivity index (χ2v) is 5.89. The quantitative estimate of drug-likeness (QED) is 0.807. The molecule has 0 aliphatic carbocycles. The average molecular weight is 304 g/mol. The highest BCUT2D eigenvalue weighted by Crippen LogP contribution is 2.14. The Hall–Kier alpha value is -1.66. The predicted octanol–water partition coefficient (Wildman–Crippen LogP) is 0.371. The van der Waals surface area contributed by atoms with Crippen LogP contribution in [0, 0.1) is 6.92 Å². The van der Waals surface area contributed by atoms with Crippen LogP contribution in [-0.2, 0) is 9.53 Å². The van der Waals surface area contributed by atoms with Crippen molar-refractivity contribution >= 4 is 11.7 Å². The Morgan fingerprint density at radius 3 is 2.55 bits per heavy atom. The molecule has 0 unspecified atom stereocenters. The second kappa shape index (κ2) is 7.07. The third-order valence-electron chi connectivity index (χ3n) is 4.29. The fraction of sp³-hybridized carbons (Fsp3) is 0.625. The summed E-state index contributed by atoms with van der Waals surface area (Å²) in [5.41, 5.74) is 1.04. The number of hydrogen-bond acceptors (Lipinski definition) is 5. The van der Waals surface area contributed by atoms with Gasteiger partial charge >= 0.3 is 0 Å². The molecule has 3 rings (SSSR count). The van der Waals surface area contributed by atoms with E-state index in [1.54, 1.807) is 0 Å². The van der Waals surface area contributed by atoms with Crippen molar-refractivity contribution in [3.8, 4) is 0 Å². The third-order valence-corrected chi connectivity index (χ3v) is 4.29. The molecule has 1 aromatic heterocycles. The minimum Gasteiger partial charge on any atom is -0.378 e. The number of carbonyl (C=O) groups excluding carboxylic acids is 1. The SMILES string of the molecule is Cc1cccc(N2CCN(CC(=O)N3CCOCC3)CC2)n1. The first-order valence-corrected chi connectivity index (χ1v) is 7.99. The maximum absolute atomic E-state index is 12.3. The zero-order valence-corrected chi connectivity index (χ0v) is 13.2. The summed E-state index contributed by atoms with van der Waals surface area (Å²) in [6.07, 6.45) is 0. The van der Waals surface area contributed by atoms with Crippen molar-refractivity contribution in [2.45, 2.75) is 6.92 Å². The van der Waals surface area contributed by atoms with E-state index in [1.165, 1.54) is 0 Å². The van der Waals surface area contributed by atoms with Gasteiger partial charge in [-0.3, -0.25) is 9.69 Å². The second-order valence-electron chi connectivity index (χ2n) is 5.89. The van der Waals surface area contributed by atoms with Crippen LogP contribution in [0.5, 0.6) is 0 Å². The summed E-state index contributed by atoms with van der Waals surface area (Å²) in [4.78, 5) is 23.3. The molecule has 22 heavy (non-hydrogen) atoms. The number of piperazine rings is 1. The molecule has 1 amide bonds. The number of nitrogens with zero attached hydrogens (tertiary/aromatic N) is 4. The fourth-order valence-electron chi connectivity index (χ4n) is 2.94. The zero-order chi connectivity index (χ0) is 15.4. The van der Waals surface area contributed by atoms with Gasteiger partial charge in [0, 0.05) is 45.0 Å². The van der Waals surface area contributed by atoms with Crippen LogP contribution in [0.2, 0.25) is 0 Å². The molecule has 2 aliphatic heterocycles. The highest BCUT2D eigenvalue weighted by Gasteiger charge is 2.23. The Labute approximate surface area is 131 Å². The molecule has 0 aromatic carbocycles. The van der Waals surface area contributed by atoms with Crippen molar-refractivity contribution in [2.24, 2.45) is 0 Å². The first kappa shape index (κ1) is 15.2. The van der Waals surface area contributed by atoms with Gasteiger partial charge in [0.2, 0.25) is 5.91 Å². The minimum atomic E-state index is 0.227. The Balaban J connectivity index is 1.48. The van der Waals surface area contributed by atoms with Crippen LogP contribution < -0.4 is 4.90 Å². The van der Waals surface area contributed by atoms with Crippen LogP contribution in [0.4, 0.5) is 5.82 Å². The summed E-state index contributed by atoms with van der Waals surface area (Å²) in [5, 5.41) is 0. The van der Waals surface area contributed by atoms with E-state index >= 15 is 0 Å². The number of morpholine rings is 1. The van der Waals surface area contributed by atoms with E-state index in [9.17, 15) is 4.79 Å². The molecule has 0 saturated carbocycles. The van der Waals surface area contributed by atoms with Crippen LogP contribution in [0.25, 0.3) is 0 Å². The molecule has 6 heteroatoms. The minimum absolute atomic E-state index is 0.227. The molecule has 2 aliphatic rings. The number of anilines is 1. The summed E-state index contributed by atoms with van der Waals surface area (Å²) in [5.74, 6) is 1.27. The number of hydrogen-bond donors (Lipinski definition) is 0. The van der Waals surface area contributed by atoms with Gasteiger partial charge in [-0.05, 0) is 19.1 Å². The van der Waals surface area contributed by atoms with Crippen LogP contribution >= 0.6 is 0 Å². The standard InChI is InChI=1S/C16H24N4O2/c1-14-3-2-4-15(17-14)19-7-5-18(6-8-19)13-16(21)20-9-11-22-12-10-20/h2-4H,5-13H2,1H3. The third kappa shape index (κ3) is 3.75. The van der Waals surface area contributed by atoms with Gasteiger partial charge < -0.3 is 14.5 Å². The number of aryl methyl sites for hydroxylation is 1. The number of aromatic nitrogens is 1. The van der Waals surface area contributed by atoms with Gasteiger partial charge in [0.25, 0.3) is 0 Å². The normalized spacial score (nSPS) is 20.2. The fourth-order valence-corrected chi connectivity index (χ4v) is 2.94. The van der Waals surface area contributed by atoms with Crippen LogP contribution in [0.15, 0.2) is 18.2 Å². The molecule has 1 aromatic rings. The van der Waals surface area contributed by atoms with Crippen molar-refractivity contribution in [1.82, 2.24) is 14.8 Å². The van der Waals surface area contributed by atoms with Crippen molar-refractivity contribution < 1.29 is 9.53 Å². The van der Waals surface area contributed by atoms with Crippen LogP contribution in [0.3, 0.4) is 0 Å². The lowest BCUT2D eigenvalue weighted by atomic mass is 10.2.